The molecule has 1 unspecified atom stereocenters. The molecule has 1 atom stereocenters. The number of nitrogens with zero attached hydrogens (tertiary/aromatic N) is 3. The number of nitriles is 1. The van der Waals surface area contributed by atoms with E-state index in [9.17, 15) is 13.2 Å². The first-order valence-electron chi connectivity index (χ1n) is 5.78. The first kappa shape index (κ1) is 16.1. The summed E-state index contributed by atoms with van der Waals surface area (Å²) in [6.45, 7) is 3.92. The highest BCUT2D eigenvalue weighted by molar-refractivity contribution is 7.89. The summed E-state index contributed by atoms with van der Waals surface area (Å²) < 4.78 is 30.7. The molecule has 0 saturated heterocycles. The van der Waals surface area contributed by atoms with Gasteiger partial charge in [0.05, 0.1) is 6.07 Å². The zero-order valence-electron chi connectivity index (χ0n) is 11.3. The number of rotatable bonds is 6. The number of carboxylic acid groups (broad SMARTS) is 1. The van der Waals surface area contributed by atoms with Crippen LogP contribution in [0.5, 0.6) is 0 Å². The SMILES string of the molecule is Cc1noc(C)c1S(=O)(=O)N(CCC#N)C(C)C(=O)O. The Hall–Kier alpha value is -1.92. The minimum absolute atomic E-state index is 0.0852. The molecular weight excluding hydrogens is 286 g/mol. The lowest BCUT2D eigenvalue weighted by molar-refractivity contribution is -0.140. The molecule has 8 nitrogen and oxygen atoms in total. The van der Waals surface area contributed by atoms with Crippen LogP contribution < -0.4 is 0 Å². The largest absolute Gasteiger partial charge is 0.480 e. The van der Waals surface area contributed by atoms with Crippen molar-refractivity contribution >= 4 is 16.0 Å². The van der Waals surface area contributed by atoms with Gasteiger partial charge in [0.15, 0.2) is 5.76 Å². The Balaban J connectivity index is 3.32. The van der Waals surface area contributed by atoms with Crippen LogP contribution in [0, 0.1) is 25.2 Å². The van der Waals surface area contributed by atoms with Crippen molar-refractivity contribution in [1.29, 1.82) is 5.26 Å². The highest BCUT2D eigenvalue weighted by Crippen LogP contribution is 2.25. The Morgan fingerprint density at radius 3 is 2.55 bits per heavy atom. The molecule has 0 aliphatic carbocycles. The molecule has 0 amide bonds. The molecule has 0 saturated carbocycles. The maximum atomic E-state index is 12.5. The van der Waals surface area contributed by atoms with E-state index < -0.39 is 22.0 Å². The lowest BCUT2D eigenvalue weighted by Gasteiger charge is -2.24. The summed E-state index contributed by atoms with van der Waals surface area (Å²) >= 11 is 0. The van der Waals surface area contributed by atoms with Gasteiger partial charge in [-0.2, -0.15) is 9.57 Å². The second-order valence-corrected chi connectivity index (χ2v) is 6.02. The lowest BCUT2D eigenvalue weighted by Crippen LogP contribution is -2.43. The number of carboxylic acids is 1. The number of hydrogen-bond donors (Lipinski definition) is 1. The van der Waals surface area contributed by atoms with Crippen molar-refractivity contribution < 1.29 is 22.8 Å². The minimum atomic E-state index is -4.09. The van der Waals surface area contributed by atoms with E-state index in [1.165, 1.54) is 20.8 Å². The summed E-state index contributed by atoms with van der Waals surface area (Å²) in [6, 6.07) is 0.511. The van der Waals surface area contributed by atoms with Gasteiger partial charge in [0.25, 0.3) is 0 Å². The lowest BCUT2D eigenvalue weighted by atomic mass is 10.3. The van der Waals surface area contributed by atoms with Crippen LogP contribution in [0.3, 0.4) is 0 Å². The van der Waals surface area contributed by atoms with Crippen molar-refractivity contribution in [2.24, 2.45) is 0 Å². The average molecular weight is 301 g/mol. The Morgan fingerprint density at radius 1 is 1.55 bits per heavy atom. The van der Waals surface area contributed by atoms with Crippen LogP contribution in [0.1, 0.15) is 24.8 Å². The molecule has 20 heavy (non-hydrogen) atoms. The number of aliphatic carboxylic acids is 1. The Bertz CT molecular complexity index is 624. The van der Waals surface area contributed by atoms with E-state index in [0.29, 0.717) is 0 Å². The van der Waals surface area contributed by atoms with E-state index in [-0.39, 0.29) is 29.3 Å². The first-order chi connectivity index (χ1) is 9.23. The van der Waals surface area contributed by atoms with E-state index in [1.807, 2.05) is 0 Å². The normalized spacial score (nSPS) is 13.2. The third-order valence-corrected chi connectivity index (χ3v) is 4.98. The summed E-state index contributed by atoms with van der Waals surface area (Å²) in [4.78, 5) is 10.9. The van der Waals surface area contributed by atoms with Crippen LogP contribution in [0.15, 0.2) is 9.42 Å². The Labute approximate surface area is 116 Å². The molecule has 0 fully saturated rings. The maximum Gasteiger partial charge on any atom is 0.321 e. The summed E-state index contributed by atoms with van der Waals surface area (Å²) in [7, 11) is -4.09. The van der Waals surface area contributed by atoms with Gasteiger partial charge in [-0.25, -0.2) is 8.42 Å². The molecule has 0 radical (unpaired) electrons. The third-order valence-electron chi connectivity index (χ3n) is 2.77. The molecule has 1 heterocycles. The van der Waals surface area contributed by atoms with Crippen LogP contribution in [-0.4, -0.2) is 41.5 Å². The fourth-order valence-electron chi connectivity index (χ4n) is 1.77. The number of aromatic nitrogens is 1. The summed E-state index contributed by atoms with van der Waals surface area (Å²) in [5.41, 5.74) is 0.155. The van der Waals surface area contributed by atoms with E-state index in [2.05, 4.69) is 5.16 Å². The van der Waals surface area contributed by atoms with Gasteiger partial charge in [0.1, 0.15) is 16.6 Å². The average Bonchev–Trinajstić information content (AvgIpc) is 2.69. The fraction of sp³-hybridized carbons (Fsp3) is 0.545. The zero-order valence-corrected chi connectivity index (χ0v) is 12.1. The maximum absolute atomic E-state index is 12.5. The first-order valence-corrected chi connectivity index (χ1v) is 7.22. The highest BCUT2D eigenvalue weighted by Gasteiger charge is 2.36. The topological polar surface area (TPSA) is 125 Å². The van der Waals surface area contributed by atoms with Gasteiger partial charge in [0.2, 0.25) is 10.0 Å². The summed E-state index contributed by atoms with van der Waals surface area (Å²) in [5.74, 6) is -1.21. The van der Waals surface area contributed by atoms with Gasteiger partial charge in [-0.1, -0.05) is 5.16 Å². The number of carbonyl (C=O) groups is 1. The smallest absolute Gasteiger partial charge is 0.321 e. The molecule has 1 aromatic heterocycles. The molecule has 1 rings (SSSR count). The fourth-order valence-corrected chi connectivity index (χ4v) is 3.65. The van der Waals surface area contributed by atoms with E-state index in [4.69, 9.17) is 14.9 Å². The second-order valence-electron chi connectivity index (χ2n) is 4.19. The van der Waals surface area contributed by atoms with Crippen LogP contribution in [0.25, 0.3) is 0 Å². The number of aryl methyl sites for hydroxylation is 2. The summed E-state index contributed by atoms with van der Waals surface area (Å²) in [5, 5.41) is 21.2. The molecular formula is C11H15N3O5S. The van der Waals surface area contributed by atoms with Crippen LogP contribution >= 0.6 is 0 Å². The van der Waals surface area contributed by atoms with Gasteiger partial charge >= 0.3 is 5.97 Å². The predicted octanol–water partition coefficient (Wildman–Crippen LogP) is 0.669. The van der Waals surface area contributed by atoms with Crippen LogP contribution in [0.4, 0.5) is 0 Å². The molecule has 0 aromatic carbocycles. The monoisotopic (exact) mass is 301 g/mol. The van der Waals surface area contributed by atoms with Crippen molar-refractivity contribution in [3.63, 3.8) is 0 Å². The molecule has 9 heteroatoms. The quantitative estimate of drug-likeness (QED) is 0.818. The van der Waals surface area contributed by atoms with Crippen molar-refractivity contribution in [2.75, 3.05) is 6.54 Å². The van der Waals surface area contributed by atoms with Crippen molar-refractivity contribution in [3.8, 4) is 6.07 Å². The predicted molar refractivity (Wildman–Crippen MR) is 67.2 cm³/mol. The van der Waals surface area contributed by atoms with Crippen molar-refractivity contribution in [3.05, 3.63) is 11.5 Å². The second kappa shape index (κ2) is 6.02. The zero-order chi connectivity index (χ0) is 15.5. The molecule has 0 aliphatic heterocycles. The molecule has 0 spiro atoms. The molecule has 1 aromatic rings. The van der Waals surface area contributed by atoms with E-state index >= 15 is 0 Å². The minimum Gasteiger partial charge on any atom is -0.480 e. The molecule has 1 N–H and O–H groups in total. The van der Waals surface area contributed by atoms with Crippen molar-refractivity contribution in [1.82, 2.24) is 9.46 Å². The summed E-state index contributed by atoms with van der Waals surface area (Å²) in [6.07, 6.45) is -0.111. The van der Waals surface area contributed by atoms with Crippen LogP contribution in [0.2, 0.25) is 0 Å². The van der Waals surface area contributed by atoms with Crippen LogP contribution in [-0.2, 0) is 14.8 Å². The number of hydrogen-bond acceptors (Lipinski definition) is 6. The van der Waals surface area contributed by atoms with Gasteiger partial charge < -0.3 is 9.63 Å². The van der Waals surface area contributed by atoms with E-state index in [1.54, 1.807) is 6.07 Å². The molecule has 0 aliphatic rings. The van der Waals surface area contributed by atoms with Gasteiger partial charge in [-0.3, -0.25) is 4.79 Å². The highest BCUT2D eigenvalue weighted by atomic mass is 32.2. The Morgan fingerprint density at radius 2 is 2.15 bits per heavy atom. The van der Waals surface area contributed by atoms with Gasteiger partial charge in [0, 0.05) is 13.0 Å². The number of sulfonamides is 1. The van der Waals surface area contributed by atoms with Gasteiger partial charge in [-0.15, -0.1) is 0 Å². The third kappa shape index (κ3) is 2.97. The van der Waals surface area contributed by atoms with E-state index in [0.717, 1.165) is 4.31 Å². The standard InChI is InChI=1S/C11H15N3O5S/c1-7-10(9(3)19-13-7)20(17,18)14(6-4-5-12)8(2)11(15)16/h8H,4,6H2,1-3H3,(H,15,16). The molecule has 110 valence electrons. The van der Waals surface area contributed by atoms with Gasteiger partial charge in [-0.05, 0) is 20.8 Å². The van der Waals surface area contributed by atoms with Crippen molar-refractivity contribution in [2.45, 2.75) is 38.1 Å². The Kier molecular flexibility index (Phi) is 4.86. The molecule has 0 bridgehead atoms.